The first kappa shape index (κ1) is 37.4. The van der Waals surface area contributed by atoms with E-state index < -0.39 is 35.2 Å². The van der Waals surface area contributed by atoms with Crippen LogP contribution in [0.1, 0.15) is 78.3 Å². The molecule has 44 heavy (non-hydrogen) atoms. The van der Waals surface area contributed by atoms with E-state index in [0.29, 0.717) is 28.9 Å². The Morgan fingerprint density at radius 2 is 1.89 bits per heavy atom. The van der Waals surface area contributed by atoms with Crippen LogP contribution in [0, 0.1) is 11.3 Å². The number of amides is 2. The quantitative estimate of drug-likeness (QED) is 0.190. The van der Waals surface area contributed by atoms with Crippen LogP contribution in [0.25, 0.3) is 11.0 Å². The van der Waals surface area contributed by atoms with Gasteiger partial charge in [-0.25, -0.2) is 20.6 Å². The SMILES string of the molecule is CC[C@@]1(F)C([C-]=O)N(C(=O)[C@@H](OC)C(C)(C)C)C[C@@H]1Oc1nc2cc(OC)ccc2nc1CCCCCC1CC1.NC=O.[V]. The summed E-state index contributed by atoms with van der Waals surface area (Å²) >= 11 is 0. The number of halogens is 1. The monoisotopic (exact) mass is 652 g/mol. The summed E-state index contributed by atoms with van der Waals surface area (Å²) in [5, 5.41) is 0. The number of fused-ring (bicyclic) bond motifs is 1. The number of aryl methyl sites for hydroxylation is 1. The fraction of sp³-hybridized carbons (Fsp3) is 0.656. The summed E-state index contributed by atoms with van der Waals surface area (Å²) in [5.74, 6) is 1.28. The minimum Gasteiger partial charge on any atom is -0.540 e. The standard InChI is InChI=1S/C31H43FN3O5.CH3NO.V/c1-7-31(32)25(19-36)35(29(37)27(39-6)30(2,3)4)18-26(31)40-28-23(12-10-8-9-11-20-13-14-20)33-22-16-15-21(38-5)17-24(22)34-28;2-1-3;/h15-17,20,25-27H,7-14,18H2,1-6H3;1H,(H2,2,3);/q-1;;/t25?,26-,27+,31+;;/m0../s1. The number of unbranched alkanes of at least 4 members (excludes halogenated alkanes) is 2. The summed E-state index contributed by atoms with van der Waals surface area (Å²) in [6.07, 6.45) is 7.77. The van der Waals surface area contributed by atoms with Crippen molar-refractivity contribution < 1.29 is 51.5 Å². The zero-order valence-electron chi connectivity index (χ0n) is 26.7. The number of ether oxygens (including phenoxy) is 3. The predicted molar refractivity (Wildman–Crippen MR) is 161 cm³/mol. The van der Waals surface area contributed by atoms with Gasteiger partial charge >= 0.3 is 0 Å². The molecule has 2 heterocycles. The van der Waals surface area contributed by atoms with Gasteiger partial charge in [-0.2, -0.15) is 0 Å². The number of aromatic nitrogens is 2. The number of carbonyl (C=O) groups is 2. The van der Waals surface area contributed by atoms with Crippen molar-refractivity contribution in [2.75, 3.05) is 20.8 Å². The van der Waals surface area contributed by atoms with E-state index in [1.807, 2.05) is 32.9 Å². The molecule has 1 radical (unpaired) electrons. The van der Waals surface area contributed by atoms with Gasteiger partial charge in [-0.15, -0.1) is 0 Å². The molecule has 2 aliphatic rings. The molecule has 1 saturated heterocycles. The fourth-order valence-electron chi connectivity index (χ4n) is 5.66. The molecule has 0 bridgehead atoms. The molecule has 1 unspecified atom stereocenters. The van der Waals surface area contributed by atoms with E-state index in [0.717, 1.165) is 18.8 Å². The molecule has 2 N–H and O–H groups in total. The number of nitrogens with zero attached hydrogens (tertiary/aromatic N) is 3. The van der Waals surface area contributed by atoms with E-state index in [1.165, 1.54) is 37.7 Å². The number of nitrogens with two attached hydrogens (primary N) is 1. The van der Waals surface area contributed by atoms with Crippen molar-refractivity contribution in [3.63, 3.8) is 0 Å². The molecule has 0 spiro atoms. The first-order chi connectivity index (χ1) is 20.5. The van der Waals surface area contributed by atoms with Crippen molar-refractivity contribution in [2.24, 2.45) is 17.1 Å². The third-order valence-corrected chi connectivity index (χ3v) is 8.23. The molecule has 10 nitrogen and oxygen atoms in total. The van der Waals surface area contributed by atoms with Crippen LogP contribution in [0.4, 0.5) is 4.39 Å². The van der Waals surface area contributed by atoms with Crippen LogP contribution in [0.15, 0.2) is 18.2 Å². The van der Waals surface area contributed by atoms with Crippen molar-refractivity contribution in [3.8, 4) is 11.6 Å². The normalized spacial score (nSPS) is 21.9. The van der Waals surface area contributed by atoms with Gasteiger partial charge in [0.1, 0.15) is 23.2 Å². The molecule has 1 aliphatic carbocycles. The maximum atomic E-state index is 16.6. The Bertz CT molecular complexity index is 1260. The molecule has 12 heteroatoms. The summed E-state index contributed by atoms with van der Waals surface area (Å²) in [4.78, 5) is 45.0. The molecule has 1 saturated carbocycles. The third-order valence-electron chi connectivity index (χ3n) is 8.23. The number of carbonyl (C=O) groups excluding carboxylic acids is 3. The van der Waals surface area contributed by atoms with Crippen LogP contribution < -0.4 is 15.2 Å². The molecule has 243 valence electrons. The molecular formula is C32H46FN4O6V-. The van der Waals surface area contributed by atoms with Gasteiger partial charge in [-0.3, -0.25) is 9.59 Å². The van der Waals surface area contributed by atoms with Crippen molar-refractivity contribution in [3.05, 3.63) is 23.9 Å². The number of alkyl halides is 1. The number of rotatable bonds is 13. The first-order valence-corrected chi connectivity index (χ1v) is 15.0. The van der Waals surface area contributed by atoms with E-state index in [4.69, 9.17) is 29.0 Å². The van der Waals surface area contributed by atoms with Crippen LogP contribution >= 0.6 is 0 Å². The topological polar surface area (TPSA) is 134 Å². The summed E-state index contributed by atoms with van der Waals surface area (Å²) in [6.45, 7) is 7.10. The van der Waals surface area contributed by atoms with Crippen LogP contribution in [0.3, 0.4) is 0 Å². The first-order valence-electron chi connectivity index (χ1n) is 15.0. The molecule has 1 aliphatic heterocycles. The molecule has 2 fully saturated rings. The largest absolute Gasteiger partial charge is 0.540 e. The van der Waals surface area contributed by atoms with Crippen molar-refractivity contribution in [2.45, 2.75) is 103 Å². The smallest absolute Gasteiger partial charge is 0.250 e. The van der Waals surface area contributed by atoms with E-state index >= 15 is 4.39 Å². The maximum absolute atomic E-state index is 16.6. The maximum Gasteiger partial charge on any atom is 0.250 e. The Hall–Kier alpha value is -2.76. The zero-order valence-corrected chi connectivity index (χ0v) is 28.1. The Morgan fingerprint density at radius 3 is 2.43 bits per heavy atom. The van der Waals surface area contributed by atoms with Crippen molar-refractivity contribution in [1.82, 2.24) is 14.9 Å². The zero-order chi connectivity index (χ0) is 31.8. The average molecular weight is 653 g/mol. The third kappa shape index (κ3) is 8.91. The van der Waals surface area contributed by atoms with Crippen LogP contribution in [-0.2, 0) is 44.1 Å². The Labute approximate surface area is 271 Å². The van der Waals surface area contributed by atoms with Gasteiger partial charge in [-0.05, 0) is 48.8 Å². The van der Waals surface area contributed by atoms with E-state index in [-0.39, 0.29) is 43.8 Å². The molecule has 4 rings (SSSR count). The van der Waals surface area contributed by atoms with Gasteiger partial charge in [0.15, 0.2) is 6.10 Å². The average Bonchev–Trinajstić information content (AvgIpc) is 3.75. The predicted octanol–water partition coefficient (Wildman–Crippen LogP) is 4.50. The summed E-state index contributed by atoms with van der Waals surface area (Å²) in [5.41, 5.74) is 3.35. The molecule has 2 amide bonds. The van der Waals surface area contributed by atoms with Crippen molar-refractivity contribution >= 4 is 29.6 Å². The minimum absolute atomic E-state index is 0. The summed E-state index contributed by atoms with van der Waals surface area (Å²) in [7, 11) is 3.02. The second-order valence-electron chi connectivity index (χ2n) is 12.4. The molecule has 1 aromatic carbocycles. The Morgan fingerprint density at radius 1 is 1.20 bits per heavy atom. The van der Waals surface area contributed by atoms with Crippen LogP contribution in [0.5, 0.6) is 11.6 Å². The number of hydrogen-bond donors (Lipinski definition) is 1. The summed E-state index contributed by atoms with van der Waals surface area (Å²) in [6, 6.07) is 4.01. The fourth-order valence-corrected chi connectivity index (χ4v) is 5.66. The number of hydrogen-bond acceptors (Lipinski definition) is 8. The second-order valence-corrected chi connectivity index (χ2v) is 12.4. The number of methoxy groups -OCH3 is 2. The Balaban J connectivity index is 0.00000162. The second kappa shape index (κ2) is 16.5. The van der Waals surface area contributed by atoms with Crippen LogP contribution in [0.2, 0.25) is 0 Å². The van der Waals surface area contributed by atoms with E-state index in [1.54, 1.807) is 26.4 Å². The summed E-state index contributed by atoms with van der Waals surface area (Å²) < 4.78 is 33.8. The van der Waals surface area contributed by atoms with E-state index in [2.05, 4.69) is 5.73 Å². The molecule has 4 atom stereocenters. The number of benzene rings is 1. The van der Waals surface area contributed by atoms with Gasteiger partial charge in [0.2, 0.25) is 18.2 Å². The van der Waals surface area contributed by atoms with Gasteiger partial charge in [-0.1, -0.05) is 59.8 Å². The van der Waals surface area contributed by atoms with Crippen LogP contribution in [-0.4, -0.2) is 78.2 Å². The molecule has 1 aromatic heterocycles. The molecule has 2 aromatic rings. The number of primary amides is 1. The van der Waals surface area contributed by atoms with Crippen molar-refractivity contribution in [1.29, 1.82) is 0 Å². The Kier molecular flexibility index (Phi) is 14.1. The van der Waals surface area contributed by atoms with Gasteiger partial charge in [0.05, 0.1) is 24.7 Å². The molecular weight excluding hydrogens is 606 g/mol. The minimum atomic E-state index is -2.15. The van der Waals surface area contributed by atoms with E-state index in [9.17, 15) is 9.59 Å². The van der Waals surface area contributed by atoms with Gasteiger partial charge in [0.25, 0.3) is 0 Å². The van der Waals surface area contributed by atoms with Gasteiger partial charge in [0, 0.05) is 31.7 Å². The number of likely N-dealkylation sites (tertiary alicyclic amines) is 1. The van der Waals surface area contributed by atoms with Gasteiger partial charge < -0.3 is 29.6 Å².